The van der Waals surface area contributed by atoms with Gasteiger partial charge >= 0.3 is 0 Å². The molecule has 0 aliphatic heterocycles. The summed E-state index contributed by atoms with van der Waals surface area (Å²) < 4.78 is 2.48. The van der Waals surface area contributed by atoms with Crippen LogP contribution >= 0.6 is 11.6 Å². The zero-order chi connectivity index (χ0) is 13.9. The van der Waals surface area contributed by atoms with E-state index in [1.165, 1.54) is 43.4 Å². The Hall–Kier alpha value is -1.02. The molecule has 2 nitrogen and oxygen atoms in total. The van der Waals surface area contributed by atoms with Crippen LogP contribution in [0.3, 0.4) is 0 Å². The first-order valence-electron chi connectivity index (χ1n) is 7.81. The van der Waals surface area contributed by atoms with Gasteiger partial charge in [0.05, 0.1) is 11.0 Å². The first kappa shape index (κ1) is 13.9. The number of para-hydroxylation sites is 2. The van der Waals surface area contributed by atoms with Gasteiger partial charge in [-0.15, -0.1) is 11.6 Å². The van der Waals surface area contributed by atoms with Crippen molar-refractivity contribution in [1.82, 2.24) is 9.55 Å². The maximum absolute atomic E-state index is 5.98. The van der Waals surface area contributed by atoms with Crippen molar-refractivity contribution in [2.75, 3.05) is 5.88 Å². The van der Waals surface area contributed by atoms with Crippen molar-refractivity contribution >= 4 is 22.6 Å². The molecule has 1 fully saturated rings. The number of nitrogens with zero attached hydrogens (tertiary/aromatic N) is 2. The summed E-state index contributed by atoms with van der Waals surface area (Å²) >= 11 is 5.98. The molecule has 0 radical (unpaired) electrons. The van der Waals surface area contributed by atoms with Crippen molar-refractivity contribution in [1.29, 1.82) is 0 Å². The summed E-state index contributed by atoms with van der Waals surface area (Å²) in [5, 5.41) is 0. The summed E-state index contributed by atoms with van der Waals surface area (Å²) in [6.07, 6.45) is 7.45. The van der Waals surface area contributed by atoms with Crippen LogP contribution in [0, 0.1) is 5.92 Å². The number of halogens is 1. The van der Waals surface area contributed by atoms with Crippen molar-refractivity contribution in [3.8, 4) is 0 Å². The lowest BCUT2D eigenvalue weighted by Crippen LogP contribution is -2.12. The van der Waals surface area contributed by atoms with Gasteiger partial charge in [0, 0.05) is 18.3 Å². The molecule has 0 saturated heterocycles. The van der Waals surface area contributed by atoms with Crippen LogP contribution in [0.2, 0.25) is 0 Å². The van der Waals surface area contributed by atoms with Crippen LogP contribution in [0.1, 0.15) is 50.9 Å². The average Bonchev–Trinajstić information content (AvgIpc) is 2.67. The Kier molecular flexibility index (Phi) is 4.30. The van der Waals surface area contributed by atoms with Crippen LogP contribution in [0.15, 0.2) is 24.3 Å². The standard InChI is InChI=1S/C17H23ClN2/c1-13-5-4-6-14(10-9-13)20-16-8-3-2-7-15(16)19-17(20)11-12-18/h2-3,7-8,13-14H,4-6,9-12H2,1H3. The number of hydrogen-bond acceptors (Lipinski definition) is 1. The number of benzene rings is 1. The number of aromatic nitrogens is 2. The highest BCUT2D eigenvalue weighted by molar-refractivity contribution is 6.17. The number of fused-ring (bicyclic) bond motifs is 1. The molecule has 1 heterocycles. The van der Waals surface area contributed by atoms with E-state index in [0.717, 1.165) is 17.9 Å². The zero-order valence-electron chi connectivity index (χ0n) is 12.2. The minimum Gasteiger partial charge on any atom is -0.325 e. The van der Waals surface area contributed by atoms with Crippen LogP contribution in [-0.4, -0.2) is 15.4 Å². The SMILES string of the molecule is CC1CCCC(n2c(CCCl)nc3ccccc32)CC1. The second kappa shape index (κ2) is 6.17. The molecule has 0 N–H and O–H groups in total. The van der Waals surface area contributed by atoms with E-state index in [2.05, 4.69) is 35.8 Å². The number of imidazole rings is 1. The third-order valence-electron chi connectivity index (χ3n) is 4.58. The van der Waals surface area contributed by atoms with E-state index in [1.54, 1.807) is 0 Å². The summed E-state index contributed by atoms with van der Waals surface area (Å²) in [6, 6.07) is 9.10. The second-order valence-electron chi connectivity index (χ2n) is 6.09. The molecule has 1 aliphatic carbocycles. The van der Waals surface area contributed by atoms with E-state index in [0.29, 0.717) is 11.9 Å². The second-order valence-corrected chi connectivity index (χ2v) is 6.47. The normalized spacial score (nSPS) is 23.9. The molecular formula is C17H23ClN2. The largest absolute Gasteiger partial charge is 0.325 e. The predicted molar refractivity (Wildman–Crippen MR) is 85.4 cm³/mol. The van der Waals surface area contributed by atoms with Gasteiger partial charge in [0.2, 0.25) is 0 Å². The van der Waals surface area contributed by atoms with Crippen LogP contribution < -0.4 is 0 Å². The highest BCUT2D eigenvalue weighted by Crippen LogP contribution is 2.33. The highest BCUT2D eigenvalue weighted by Gasteiger charge is 2.22. The van der Waals surface area contributed by atoms with Crippen molar-refractivity contribution in [2.24, 2.45) is 5.92 Å². The minimum absolute atomic E-state index is 0.602. The Morgan fingerprint density at radius 1 is 1.20 bits per heavy atom. The molecule has 1 aromatic heterocycles. The van der Waals surface area contributed by atoms with E-state index in [1.807, 2.05) is 0 Å². The topological polar surface area (TPSA) is 17.8 Å². The van der Waals surface area contributed by atoms with Crippen molar-refractivity contribution in [3.63, 3.8) is 0 Å². The van der Waals surface area contributed by atoms with Gasteiger partial charge in [-0.1, -0.05) is 31.9 Å². The minimum atomic E-state index is 0.602. The van der Waals surface area contributed by atoms with Crippen molar-refractivity contribution in [2.45, 2.75) is 51.5 Å². The van der Waals surface area contributed by atoms with E-state index in [-0.39, 0.29) is 0 Å². The van der Waals surface area contributed by atoms with Crippen LogP contribution in [0.4, 0.5) is 0 Å². The van der Waals surface area contributed by atoms with Crippen LogP contribution in [0.25, 0.3) is 11.0 Å². The first-order chi connectivity index (χ1) is 9.79. The molecule has 1 aromatic carbocycles. The number of aryl methyl sites for hydroxylation is 1. The molecule has 20 heavy (non-hydrogen) atoms. The van der Waals surface area contributed by atoms with Gasteiger partial charge < -0.3 is 4.57 Å². The molecule has 1 saturated carbocycles. The maximum atomic E-state index is 5.98. The fourth-order valence-electron chi connectivity index (χ4n) is 3.49. The predicted octanol–water partition coefficient (Wildman–Crippen LogP) is 4.96. The molecule has 2 atom stereocenters. The molecule has 2 unspecified atom stereocenters. The third kappa shape index (κ3) is 2.71. The summed E-state index contributed by atoms with van der Waals surface area (Å²) in [6.45, 7) is 2.38. The van der Waals surface area contributed by atoms with Gasteiger partial charge in [0.25, 0.3) is 0 Å². The summed E-state index contributed by atoms with van der Waals surface area (Å²) in [7, 11) is 0. The highest BCUT2D eigenvalue weighted by atomic mass is 35.5. The van der Waals surface area contributed by atoms with Crippen molar-refractivity contribution in [3.05, 3.63) is 30.1 Å². The summed E-state index contributed by atoms with van der Waals surface area (Å²) in [4.78, 5) is 4.81. The van der Waals surface area contributed by atoms with Crippen LogP contribution in [0.5, 0.6) is 0 Å². The molecule has 1 aliphatic rings. The van der Waals surface area contributed by atoms with E-state index in [9.17, 15) is 0 Å². The molecular weight excluding hydrogens is 268 g/mol. The zero-order valence-corrected chi connectivity index (χ0v) is 12.9. The van der Waals surface area contributed by atoms with Crippen molar-refractivity contribution < 1.29 is 0 Å². The quantitative estimate of drug-likeness (QED) is 0.577. The van der Waals surface area contributed by atoms with E-state index >= 15 is 0 Å². The Bertz CT molecular complexity index is 575. The van der Waals surface area contributed by atoms with Gasteiger partial charge in [-0.3, -0.25) is 0 Å². The average molecular weight is 291 g/mol. The van der Waals surface area contributed by atoms with Crippen LogP contribution in [-0.2, 0) is 6.42 Å². The third-order valence-corrected chi connectivity index (χ3v) is 4.77. The monoisotopic (exact) mass is 290 g/mol. The van der Waals surface area contributed by atoms with Gasteiger partial charge in [0.1, 0.15) is 5.82 Å². The lowest BCUT2D eigenvalue weighted by atomic mass is 10.0. The Labute approximate surface area is 126 Å². The molecule has 3 heteroatoms. The fraction of sp³-hybridized carbons (Fsp3) is 0.588. The van der Waals surface area contributed by atoms with E-state index < -0.39 is 0 Å². The lowest BCUT2D eigenvalue weighted by Gasteiger charge is -2.20. The molecule has 2 aromatic rings. The summed E-state index contributed by atoms with van der Waals surface area (Å²) in [5.41, 5.74) is 2.40. The van der Waals surface area contributed by atoms with Gasteiger partial charge in [-0.05, 0) is 37.3 Å². The molecule has 3 rings (SSSR count). The Morgan fingerprint density at radius 2 is 2.05 bits per heavy atom. The maximum Gasteiger partial charge on any atom is 0.111 e. The molecule has 0 spiro atoms. The smallest absolute Gasteiger partial charge is 0.111 e. The number of alkyl halides is 1. The molecule has 108 valence electrons. The number of hydrogen-bond donors (Lipinski definition) is 0. The van der Waals surface area contributed by atoms with Gasteiger partial charge in [-0.25, -0.2) is 4.98 Å². The van der Waals surface area contributed by atoms with E-state index in [4.69, 9.17) is 16.6 Å². The Balaban J connectivity index is 2.01. The first-order valence-corrected chi connectivity index (χ1v) is 8.35. The Morgan fingerprint density at radius 3 is 2.90 bits per heavy atom. The molecule has 0 bridgehead atoms. The van der Waals surface area contributed by atoms with Gasteiger partial charge in [-0.2, -0.15) is 0 Å². The molecule has 0 amide bonds. The number of rotatable bonds is 3. The van der Waals surface area contributed by atoms with Gasteiger partial charge in [0.15, 0.2) is 0 Å². The fourth-order valence-corrected chi connectivity index (χ4v) is 3.66. The lowest BCUT2D eigenvalue weighted by molar-refractivity contribution is 0.431. The summed E-state index contributed by atoms with van der Waals surface area (Å²) in [5.74, 6) is 2.68.